The van der Waals surface area contributed by atoms with E-state index in [1.54, 1.807) is 0 Å². The molecule has 1 aromatic rings. The van der Waals surface area contributed by atoms with Crippen molar-refractivity contribution in [2.24, 2.45) is 0 Å². The molecule has 0 saturated carbocycles. The van der Waals surface area contributed by atoms with Crippen molar-refractivity contribution in [3.63, 3.8) is 0 Å². The maximum atomic E-state index is 10.1. The number of fused-ring (bicyclic) bond motifs is 1. The van der Waals surface area contributed by atoms with Crippen LogP contribution in [0.4, 0.5) is 5.69 Å². The maximum Gasteiger partial charge on any atom is 0.151 e. The van der Waals surface area contributed by atoms with Gasteiger partial charge >= 0.3 is 0 Å². The van der Waals surface area contributed by atoms with E-state index >= 15 is 0 Å². The summed E-state index contributed by atoms with van der Waals surface area (Å²) in [6.07, 6.45) is 1.57. The fourth-order valence-corrected chi connectivity index (χ4v) is 2.59. The zero-order chi connectivity index (χ0) is 11.0. The monoisotopic (exact) mass is 216 g/mol. The largest absolute Gasteiger partial charge is 0.369 e. The molecule has 0 radical (unpaired) electrons. The molecular formula is C13H16N2O. The molecule has 3 nitrogen and oxygen atoms in total. The summed E-state index contributed by atoms with van der Waals surface area (Å²) in [7, 11) is 0. The van der Waals surface area contributed by atoms with Gasteiger partial charge in [0.1, 0.15) is 0 Å². The highest BCUT2D eigenvalue weighted by molar-refractivity contribution is 5.87. The van der Waals surface area contributed by atoms with Gasteiger partial charge in [0.05, 0.1) is 0 Å². The summed E-state index contributed by atoms with van der Waals surface area (Å²) < 4.78 is 0. The second-order valence-corrected chi connectivity index (χ2v) is 4.36. The van der Waals surface area contributed by atoms with Crippen LogP contribution in [0, 0.1) is 0 Å². The average Bonchev–Trinajstić information content (AvgIpc) is 2.66. The number of hydrogen-bond acceptors (Lipinski definition) is 3. The van der Waals surface area contributed by atoms with Crippen LogP contribution in [-0.2, 0) is 0 Å². The first-order chi connectivity index (χ1) is 7.86. The topological polar surface area (TPSA) is 44.3 Å². The highest BCUT2D eigenvalue weighted by Gasteiger charge is 2.27. The minimum Gasteiger partial charge on any atom is -0.369 e. The van der Waals surface area contributed by atoms with Crippen LogP contribution in [0.1, 0.15) is 18.4 Å². The van der Waals surface area contributed by atoms with E-state index in [2.05, 4.69) is 16.7 Å². The first-order valence-electron chi connectivity index (χ1n) is 5.83. The molecule has 16 heavy (non-hydrogen) atoms. The van der Waals surface area contributed by atoms with E-state index in [1.165, 1.54) is 11.1 Å². The quantitative estimate of drug-likeness (QED) is 0.617. The van der Waals surface area contributed by atoms with Crippen molar-refractivity contribution < 1.29 is 5.11 Å². The standard InChI is InChI=1S/C13H16N2O/c16-13-12(9-5-7-14-8-6-9)10-3-1-2-4-11(10)15-13/h1-4,13-16H,5-8H2. The summed E-state index contributed by atoms with van der Waals surface area (Å²) in [6.45, 7) is 2.04. The summed E-state index contributed by atoms with van der Waals surface area (Å²) in [5.41, 5.74) is 4.73. The number of piperidine rings is 1. The van der Waals surface area contributed by atoms with Crippen molar-refractivity contribution >= 4 is 11.3 Å². The number of aliphatic hydroxyl groups excluding tert-OH is 1. The Bertz CT molecular complexity index is 431. The molecular weight excluding hydrogens is 200 g/mol. The van der Waals surface area contributed by atoms with Crippen molar-refractivity contribution in [1.82, 2.24) is 5.32 Å². The molecule has 0 aromatic heterocycles. The van der Waals surface area contributed by atoms with Crippen molar-refractivity contribution in [3.8, 4) is 0 Å². The number of anilines is 1. The van der Waals surface area contributed by atoms with Gasteiger partial charge in [-0.05, 0) is 32.0 Å². The summed E-state index contributed by atoms with van der Waals surface area (Å²) in [5.74, 6) is 0. The Balaban J connectivity index is 2.07. The predicted molar refractivity (Wildman–Crippen MR) is 65.1 cm³/mol. The molecule has 1 aromatic carbocycles. The lowest BCUT2D eigenvalue weighted by Gasteiger charge is -2.19. The van der Waals surface area contributed by atoms with Gasteiger partial charge in [-0.3, -0.25) is 0 Å². The van der Waals surface area contributed by atoms with E-state index in [-0.39, 0.29) is 0 Å². The third-order valence-corrected chi connectivity index (χ3v) is 3.37. The molecule has 0 spiro atoms. The first-order valence-corrected chi connectivity index (χ1v) is 5.83. The Kier molecular flexibility index (Phi) is 2.42. The van der Waals surface area contributed by atoms with E-state index in [0.29, 0.717) is 0 Å². The van der Waals surface area contributed by atoms with Crippen molar-refractivity contribution in [2.75, 3.05) is 18.4 Å². The molecule has 3 N–H and O–H groups in total. The third-order valence-electron chi connectivity index (χ3n) is 3.37. The predicted octanol–water partition coefficient (Wildman–Crippen LogP) is 1.57. The molecule has 84 valence electrons. The molecule has 0 amide bonds. The molecule has 2 heterocycles. The van der Waals surface area contributed by atoms with Gasteiger partial charge < -0.3 is 15.7 Å². The highest BCUT2D eigenvalue weighted by atomic mass is 16.3. The summed E-state index contributed by atoms with van der Waals surface area (Å²) in [6, 6.07) is 8.13. The minimum absolute atomic E-state index is 0.523. The van der Waals surface area contributed by atoms with E-state index < -0.39 is 6.23 Å². The molecule has 2 aliphatic rings. The second kappa shape index (κ2) is 3.92. The summed E-state index contributed by atoms with van der Waals surface area (Å²) in [5, 5.41) is 16.5. The van der Waals surface area contributed by atoms with Crippen molar-refractivity contribution in [3.05, 3.63) is 35.4 Å². The molecule has 2 aliphatic heterocycles. The lowest BCUT2D eigenvalue weighted by Crippen LogP contribution is -2.25. The Labute approximate surface area is 95.2 Å². The second-order valence-electron chi connectivity index (χ2n) is 4.36. The number of benzene rings is 1. The fraction of sp³-hybridized carbons (Fsp3) is 0.385. The summed E-state index contributed by atoms with van der Waals surface area (Å²) >= 11 is 0. The van der Waals surface area contributed by atoms with Gasteiger partial charge in [-0.1, -0.05) is 23.8 Å². The van der Waals surface area contributed by atoms with Crippen LogP contribution in [0.2, 0.25) is 0 Å². The molecule has 1 unspecified atom stereocenters. The van der Waals surface area contributed by atoms with Gasteiger partial charge in [0.25, 0.3) is 0 Å². The van der Waals surface area contributed by atoms with Crippen molar-refractivity contribution in [1.29, 1.82) is 0 Å². The normalized spacial score (nSPS) is 24.2. The average molecular weight is 216 g/mol. The smallest absolute Gasteiger partial charge is 0.151 e. The van der Waals surface area contributed by atoms with E-state index in [9.17, 15) is 5.11 Å². The van der Waals surface area contributed by atoms with Crippen LogP contribution >= 0.6 is 0 Å². The Morgan fingerprint density at radius 2 is 1.88 bits per heavy atom. The molecule has 1 atom stereocenters. The van der Waals surface area contributed by atoms with Gasteiger partial charge in [-0.2, -0.15) is 0 Å². The SMILES string of the molecule is OC1Nc2ccccc2C1=C1CCNCC1. The molecule has 1 saturated heterocycles. The van der Waals surface area contributed by atoms with E-state index in [1.807, 2.05) is 18.2 Å². The zero-order valence-electron chi connectivity index (χ0n) is 9.16. The Morgan fingerprint density at radius 3 is 2.69 bits per heavy atom. The number of para-hydroxylation sites is 1. The molecule has 3 rings (SSSR count). The van der Waals surface area contributed by atoms with Gasteiger partial charge in [-0.15, -0.1) is 0 Å². The number of hydrogen-bond donors (Lipinski definition) is 3. The first kappa shape index (κ1) is 9.87. The van der Waals surface area contributed by atoms with Crippen molar-refractivity contribution in [2.45, 2.75) is 19.1 Å². The van der Waals surface area contributed by atoms with Crippen LogP contribution in [0.5, 0.6) is 0 Å². The minimum atomic E-state index is -0.523. The lowest BCUT2D eigenvalue weighted by atomic mass is 9.94. The molecule has 0 aliphatic carbocycles. The van der Waals surface area contributed by atoms with E-state index in [4.69, 9.17) is 0 Å². The zero-order valence-corrected chi connectivity index (χ0v) is 9.16. The van der Waals surface area contributed by atoms with Crippen LogP contribution < -0.4 is 10.6 Å². The third kappa shape index (κ3) is 1.52. The van der Waals surface area contributed by atoms with Crippen LogP contribution in [0.15, 0.2) is 29.8 Å². The van der Waals surface area contributed by atoms with Gasteiger partial charge in [0.2, 0.25) is 0 Å². The van der Waals surface area contributed by atoms with Gasteiger partial charge in [0.15, 0.2) is 6.23 Å². The van der Waals surface area contributed by atoms with Crippen LogP contribution in [-0.4, -0.2) is 24.4 Å². The van der Waals surface area contributed by atoms with E-state index in [0.717, 1.165) is 37.2 Å². The highest BCUT2D eigenvalue weighted by Crippen LogP contribution is 2.37. The number of nitrogens with one attached hydrogen (secondary N) is 2. The Morgan fingerprint density at radius 1 is 1.12 bits per heavy atom. The summed E-state index contributed by atoms with van der Waals surface area (Å²) in [4.78, 5) is 0. The lowest BCUT2D eigenvalue weighted by molar-refractivity contribution is 0.264. The Hall–Kier alpha value is -1.32. The number of rotatable bonds is 0. The van der Waals surface area contributed by atoms with Crippen LogP contribution in [0.3, 0.4) is 0 Å². The number of aliphatic hydroxyl groups is 1. The van der Waals surface area contributed by atoms with Gasteiger partial charge in [0, 0.05) is 16.8 Å². The van der Waals surface area contributed by atoms with Crippen LogP contribution in [0.25, 0.3) is 5.57 Å². The molecule has 0 bridgehead atoms. The maximum absolute atomic E-state index is 10.1. The molecule has 3 heteroatoms. The fourth-order valence-electron chi connectivity index (χ4n) is 2.59. The molecule has 1 fully saturated rings. The van der Waals surface area contributed by atoms with Gasteiger partial charge in [-0.25, -0.2) is 0 Å².